The Hall–Kier alpha value is -2.78. The summed E-state index contributed by atoms with van der Waals surface area (Å²) in [7, 11) is -3.95. The van der Waals surface area contributed by atoms with Crippen molar-refractivity contribution in [3.63, 3.8) is 0 Å². The lowest BCUT2D eigenvalue weighted by Crippen LogP contribution is -2.14. The number of sulfonamides is 1. The van der Waals surface area contributed by atoms with E-state index in [1.54, 1.807) is 0 Å². The van der Waals surface area contributed by atoms with Crippen LogP contribution in [-0.4, -0.2) is 38.7 Å². The predicted octanol–water partition coefficient (Wildman–Crippen LogP) is 3.17. The minimum absolute atomic E-state index is 0.0434. The molecule has 2 rings (SSSR count). The summed E-state index contributed by atoms with van der Waals surface area (Å²) in [5, 5.41) is 8.56. The molecule has 28 heavy (non-hydrogen) atoms. The van der Waals surface area contributed by atoms with Gasteiger partial charge in [-0.15, -0.1) is 0 Å². The topological polar surface area (TPSA) is 119 Å². The fourth-order valence-electron chi connectivity index (χ4n) is 2.07. The lowest BCUT2D eigenvalue weighted by atomic mass is 10.2. The first kappa shape index (κ1) is 21.5. The molecule has 8 nitrogen and oxygen atoms in total. The minimum Gasteiger partial charge on any atom is -0.480 e. The molecule has 2 N–H and O–H groups in total. The standard InChI is InChI=1S/C18H18ClNO7S/c1-2-9-26-18(23)12-3-5-13(6-4-12)20-28(24,25)14-7-8-16(15(19)10-14)27-11-17(21)22/h3-8,10,20H,2,9,11H2,1H3,(H,21,22). The second kappa shape index (κ2) is 9.43. The van der Waals surface area contributed by atoms with Crippen LogP contribution in [0.15, 0.2) is 47.4 Å². The van der Waals surface area contributed by atoms with Crippen LogP contribution in [0.4, 0.5) is 5.69 Å². The smallest absolute Gasteiger partial charge is 0.341 e. The summed E-state index contributed by atoms with van der Waals surface area (Å²) < 4.78 is 37.3. The number of carbonyl (C=O) groups is 2. The number of hydrogen-bond acceptors (Lipinski definition) is 6. The molecule has 0 saturated carbocycles. The zero-order chi connectivity index (χ0) is 20.7. The summed E-state index contributed by atoms with van der Waals surface area (Å²) in [5.74, 6) is -1.62. The first-order chi connectivity index (χ1) is 13.2. The van der Waals surface area contributed by atoms with Gasteiger partial charge in [-0.05, 0) is 48.9 Å². The van der Waals surface area contributed by atoms with Crippen molar-refractivity contribution < 1.29 is 32.6 Å². The Morgan fingerprint density at radius 1 is 1.14 bits per heavy atom. The molecular weight excluding hydrogens is 410 g/mol. The fraction of sp³-hybridized carbons (Fsp3) is 0.222. The summed E-state index contributed by atoms with van der Waals surface area (Å²) in [4.78, 5) is 22.2. The van der Waals surface area contributed by atoms with Crippen LogP contribution in [0.5, 0.6) is 5.75 Å². The maximum absolute atomic E-state index is 12.5. The number of carboxylic acids is 1. The molecule has 0 bridgehead atoms. The summed E-state index contributed by atoms with van der Waals surface area (Å²) in [6.07, 6.45) is 0.701. The van der Waals surface area contributed by atoms with Crippen LogP contribution in [0.1, 0.15) is 23.7 Å². The average Bonchev–Trinajstić information content (AvgIpc) is 2.65. The van der Waals surface area contributed by atoms with Crippen LogP contribution in [0, 0.1) is 0 Å². The fourth-order valence-corrected chi connectivity index (χ4v) is 3.46. The molecule has 2 aromatic rings. The van der Waals surface area contributed by atoms with Gasteiger partial charge in [-0.3, -0.25) is 4.72 Å². The SMILES string of the molecule is CCCOC(=O)c1ccc(NS(=O)(=O)c2ccc(OCC(=O)O)c(Cl)c2)cc1. The van der Waals surface area contributed by atoms with Gasteiger partial charge < -0.3 is 14.6 Å². The minimum atomic E-state index is -3.95. The zero-order valence-electron chi connectivity index (χ0n) is 14.8. The number of hydrogen-bond donors (Lipinski definition) is 2. The number of ether oxygens (including phenoxy) is 2. The summed E-state index contributed by atoms with van der Waals surface area (Å²) in [5.41, 5.74) is 0.550. The molecule has 2 aromatic carbocycles. The first-order valence-corrected chi connectivity index (χ1v) is 10.0. The zero-order valence-corrected chi connectivity index (χ0v) is 16.4. The Bertz CT molecular complexity index is 958. The Balaban J connectivity index is 2.11. The number of carboxylic acid groups (broad SMARTS) is 1. The van der Waals surface area contributed by atoms with Gasteiger partial charge in [-0.1, -0.05) is 18.5 Å². The summed E-state index contributed by atoms with van der Waals surface area (Å²) >= 11 is 5.96. The maximum atomic E-state index is 12.5. The van der Waals surface area contributed by atoms with Crippen molar-refractivity contribution in [3.8, 4) is 5.75 Å². The Kier molecular flexibility index (Phi) is 7.24. The molecule has 0 heterocycles. The largest absolute Gasteiger partial charge is 0.480 e. The highest BCUT2D eigenvalue weighted by atomic mass is 35.5. The van der Waals surface area contributed by atoms with Crippen molar-refractivity contribution >= 4 is 39.3 Å². The summed E-state index contributed by atoms with van der Waals surface area (Å²) in [6, 6.07) is 9.43. The normalized spacial score (nSPS) is 10.9. The molecule has 0 atom stereocenters. The molecule has 0 aliphatic carbocycles. The van der Waals surface area contributed by atoms with Crippen LogP contribution in [0.25, 0.3) is 0 Å². The molecule has 10 heteroatoms. The van der Waals surface area contributed by atoms with Gasteiger partial charge in [-0.25, -0.2) is 18.0 Å². The number of aliphatic carboxylic acids is 1. The second-order valence-corrected chi connectivity index (χ2v) is 7.68. The Morgan fingerprint density at radius 3 is 2.39 bits per heavy atom. The number of anilines is 1. The molecule has 0 unspecified atom stereocenters. The van der Waals surface area contributed by atoms with E-state index in [1.165, 1.54) is 36.4 Å². The third kappa shape index (κ3) is 5.86. The van der Waals surface area contributed by atoms with E-state index in [9.17, 15) is 18.0 Å². The quantitative estimate of drug-likeness (QED) is 0.590. The molecule has 150 valence electrons. The predicted molar refractivity (Wildman–Crippen MR) is 102 cm³/mol. The van der Waals surface area contributed by atoms with Gasteiger partial charge in [0, 0.05) is 5.69 Å². The first-order valence-electron chi connectivity index (χ1n) is 8.17. The van der Waals surface area contributed by atoms with Crippen LogP contribution in [0.3, 0.4) is 0 Å². The highest BCUT2D eigenvalue weighted by Crippen LogP contribution is 2.28. The Morgan fingerprint density at radius 2 is 1.82 bits per heavy atom. The molecule has 0 amide bonds. The Labute approximate surface area is 167 Å². The molecule has 0 spiro atoms. The van der Waals surface area contributed by atoms with Crippen molar-refractivity contribution in [1.82, 2.24) is 0 Å². The van der Waals surface area contributed by atoms with Gasteiger partial charge in [0.1, 0.15) is 5.75 Å². The van der Waals surface area contributed by atoms with Gasteiger partial charge in [0.05, 0.1) is 22.1 Å². The third-order valence-electron chi connectivity index (χ3n) is 3.37. The monoisotopic (exact) mass is 427 g/mol. The van der Waals surface area contributed by atoms with E-state index in [0.29, 0.717) is 18.6 Å². The number of nitrogens with one attached hydrogen (secondary N) is 1. The van der Waals surface area contributed by atoms with Gasteiger partial charge >= 0.3 is 11.9 Å². The van der Waals surface area contributed by atoms with Gasteiger partial charge in [0.25, 0.3) is 10.0 Å². The number of carbonyl (C=O) groups excluding carboxylic acids is 1. The molecule has 0 aliphatic rings. The van der Waals surface area contributed by atoms with E-state index in [4.69, 9.17) is 26.2 Å². The van der Waals surface area contributed by atoms with Gasteiger partial charge in [0.15, 0.2) is 6.61 Å². The van der Waals surface area contributed by atoms with Crippen molar-refractivity contribution in [1.29, 1.82) is 0 Å². The van der Waals surface area contributed by atoms with Crippen LogP contribution >= 0.6 is 11.6 Å². The molecule has 0 fully saturated rings. The second-order valence-electron chi connectivity index (χ2n) is 5.59. The molecule has 0 radical (unpaired) electrons. The van der Waals surface area contributed by atoms with E-state index in [-0.39, 0.29) is 21.4 Å². The lowest BCUT2D eigenvalue weighted by Gasteiger charge is -2.11. The number of benzene rings is 2. The van der Waals surface area contributed by atoms with Crippen molar-refractivity contribution in [3.05, 3.63) is 53.1 Å². The van der Waals surface area contributed by atoms with E-state index in [2.05, 4.69) is 4.72 Å². The summed E-state index contributed by atoms with van der Waals surface area (Å²) in [6.45, 7) is 1.58. The van der Waals surface area contributed by atoms with Crippen LogP contribution < -0.4 is 9.46 Å². The molecule has 0 aliphatic heterocycles. The van der Waals surface area contributed by atoms with Crippen LogP contribution in [0.2, 0.25) is 5.02 Å². The van der Waals surface area contributed by atoms with Crippen molar-refractivity contribution in [2.75, 3.05) is 17.9 Å². The number of halogens is 1. The van der Waals surface area contributed by atoms with E-state index < -0.39 is 28.6 Å². The van der Waals surface area contributed by atoms with Crippen molar-refractivity contribution in [2.24, 2.45) is 0 Å². The maximum Gasteiger partial charge on any atom is 0.341 e. The molecule has 0 aromatic heterocycles. The average molecular weight is 428 g/mol. The number of rotatable bonds is 9. The molecule has 0 saturated heterocycles. The van der Waals surface area contributed by atoms with Gasteiger partial charge in [-0.2, -0.15) is 0 Å². The van der Waals surface area contributed by atoms with Gasteiger partial charge in [0.2, 0.25) is 0 Å². The van der Waals surface area contributed by atoms with E-state index in [0.717, 1.165) is 6.07 Å². The van der Waals surface area contributed by atoms with E-state index in [1.807, 2.05) is 6.92 Å². The van der Waals surface area contributed by atoms with Crippen LogP contribution in [-0.2, 0) is 19.6 Å². The lowest BCUT2D eigenvalue weighted by molar-refractivity contribution is -0.139. The van der Waals surface area contributed by atoms with E-state index >= 15 is 0 Å². The highest BCUT2D eigenvalue weighted by Gasteiger charge is 2.17. The highest BCUT2D eigenvalue weighted by molar-refractivity contribution is 7.92. The molecular formula is C18H18ClNO7S. The number of esters is 1. The van der Waals surface area contributed by atoms with Crippen molar-refractivity contribution in [2.45, 2.75) is 18.2 Å². The third-order valence-corrected chi connectivity index (χ3v) is 5.05.